The van der Waals surface area contributed by atoms with Crippen LogP contribution in [0.4, 0.5) is 0 Å². The fourth-order valence-corrected chi connectivity index (χ4v) is 2.68. The van der Waals surface area contributed by atoms with Crippen molar-refractivity contribution in [1.82, 2.24) is 21.0 Å². The van der Waals surface area contributed by atoms with E-state index >= 15 is 0 Å². The number of hydrazine groups is 1. The van der Waals surface area contributed by atoms with E-state index in [9.17, 15) is 9.59 Å². The zero-order valence-electron chi connectivity index (χ0n) is 10.1. The lowest BCUT2D eigenvalue weighted by molar-refractivity contribution is -0.125. The van der Waals surface area contributed by atoms with Crippen molar-refractivity contribution >= 4 is 23.6 Å². The molecule has 0 radical (unpaired) electrons. The summed E-state index contributed by atoms with van der Waals surface area (Å²) < 4.78 is 0. The van der Waals surface area contributed by atoms with Gasteiger partial charge in [0.1, 0.15) is 5.50 Å². The van der Waals surface area contributed by atoms with E-state index in [4.69, 9.17) is 5.84 Å². The predicted octanol–water partition coefficient (Wildman–Crippen LogP) is -0.934. The van der Waals surface area contributed by atoms with Gasteiger partial charge in [0.15, 0.2) is 0 Å². The van der Waals surface area contributed by atoms with Crippen molar-refractivity contribution in [2.45, 2.75) is 23.7 Å². The number of pyridine rings is 1. The highest BCUT2D eigenvalue weighted by molar-refractivity contribution is 8.01. The summed E-state index contributed by atoms with van der Waals surface area (Å²) in [6.45, 7) is 0.407. The molecule has 2 atom stereocenters. The number of amides is 2. The first-order valence-corrected chi connectivity index (χ1v) is 6.71. The molecule has 2 heterocycles. The van der Waals surface area contributed by atoms with Gasteiger partial charge >= 0.3 is 0 Å². The van der Waals surface area contributed by atoms with E-state index in [-0.39, 0.29) is 23.7 Å². The average Bonchev–Trinajstić information content (AvgIpc) is 2.78. The quantitative estimate of drug-likeness (QED) is 0.410. The van der Waals surface area contributed by atoms with Gasteiger partial charge in [-0.15, -0.1) is 11.8 Å². The Hall–Kier alpha value is -1.64. The van der Waals surface area contributed by atoms with Crippen LogP contribution in [0.1, 0.15) is 12.0 Å². The van der Waals surface area contributed by atoms with Gasteiger partial charge in [-0.25, -0.2) is 5.43 Å². The molecule has 8 heteroatoms. The molecule has 1 saturated heterocycles. The highest BCUT2D eigenvalue weighted by Gasteiger charge is 2.33. The summed E-state index contributed by atoms with van der Waals surface area (Å²) in [5.74, 6) is 4.88. The molecular weight excluding hydrogens is 266 g/mol. The average molecular weight is 281 g/mol. The second kappa shape index (κ2) is 6.50. The lowest BCUT2D eigenvalue weighted by Gasteiger charge is -2.08. The van der Waals surface area contributed by atoms with Gasteiger partial charge in [0.2, 0.25) is 11.8 Å². The molecule has 2 amide bonds. The molecule has 19 heavy (non-hydrogen) atoms. The van der Waals surface area contributed by atoms with Crippen molar-refractivity contribution in [3.8, 4) is 0 Å². The fourth-order valence-electron chi connectivity index (χ4n) is 1.65. The summed E-state index contributed by atoms with van der Waals surface area (Å²) >= 11 is 1.30. The first-order valence-electron chi connectivity index (χ1n) is 5.76. The normalized spacial score (nSPS) is 22.1. The summed E-state index contributed by atoms with van der Waals surface area (Å²) in [7, 11) is 0. The number of carbonyl (C=O) groups is 2. The number of aromatic nitrogens is 1. The van der Waals surface area contributed by atoms with Gasteiger partial charge in [0.25, 0.3) is 0 Å². The summed E-state index contributed by atoms with van der Waals surface area (Å²) in [6, 6.07) is 3.68. The van der Waals surface area contributed by atoms with E-state index in [2.05, 4.69) is 21.0 Å². The van der Waals surface area contributed by atoms with Crippen LogP contribution in [0.25, 0.3) is 0 Å². The molecule has 2 unspecified atom stereocenters. The Kier molecular flexibility index (Phi) is 4.72. The minimum absolute atomic E-state index is 0.134. The van der Waals surface area contributed by atoms with E-state index in [1.165, 1.54) is 11.8 Å². The number of nitrogens with zero attached hydrogens (tertiary/aromatic N) is 1. The predicted molar refractivity (Wildman–Crippen MR) is 71.3 cm³/mol. The number of carbonyl (C=O) groups excluding carboxylic acids is 2. The number of hydrogen-bond acceptors (Lipinski definition) is 6. The van der Waals surface area contributed by atoms with Crippen LogP contribution in [-0.4, -0.2) is 27.5 Å². The topological polar surface area (TPSA) is 109 Å². The zero-order valence-corrected chi connectivity index (χ0v) is 10.9. The first-order chi connectivity index (χ1) is 9.19. The summed E-state index contributed by atoms with van der Waals surface area (Å²) in [5.41, 5.74) is 3.03. The van der Waals surface area contributed by atoms with Crippen molar-refractivity contribution in [2.24, 2.45) is 5.84 Å². The largest absolute Gasteiger partial charge is 0.352 e. The molecule has 0 saturated carbocycles. The Morgan fingerprint density at radius 2 is 2.42 bits per heavy atom. The van der Waals surface area contributed by atoms with Crippen molar-refractivity contribution in [1.29, 1.82) is 0 Å². The van der Waals surface area contributed by atoms with E-state index in [1.807, 2.05) is 6.07 Å². The van der Waals surface area contributed by atoms with Crippen LogP contribution < -0.4 is 21.9 Å². The van der Waals surface area contributed by atoms with Gasteiger partial charge < -0.3 is 10.6 Å². The second-order valence-corrected chi connectivity index (χ2v) is 5.33. The molecule has 0 aliphatic carbocycles. The minimum Gasteiger partial charge on any atom is -0.352 e. The molecule has 1 fully saturated rings. The van der Waals surface area contributed by atoms with Gasteiger partial charge in [-0.1, -0.05) is 6.07 Å². The van der Waals surface area contributed by atoms with Gasteiger partial charge in [0, 0.05) is 25.4 Å². The van der Waals surface area contributed by atoms with E-state index in [0.717, 1.165) is 5.56 Å². The maximum absolute atomic E-state index is 11.7. The Labute approximate surface area is 114 Å². The Morgan fingerprint density at radius 1 is 1.58 bits per heavy atom. The molecule has 1 aliphatic rings. The molecule has 7 nitrogen and oxygen atoms in total. The molecule has 0 aromatic carbocycles. The van der Waals surface area contributed by atoms with E-state index in [0.29, 0.717) is 6.54 Å². The van der Waals surface area contributed by atoms with Crippen LogP contribution in [0, 0.1) is 0 Å². The first kappa shape index (κ1) is 13.8. The smallest absolute Gasteiger partial charge is 0.235 e. The van der Waals surface area contributed by atoms with Gasteiger partial charge in [-0.05, 0) is 11.6 Å². The van der Waals surface area contributed by atoms with Crippen LogP contribution >= 0.6 is 11.8 Å². The van der Waals surface area contributed by atoms with Crippen molar-refractivity contribution in [2.75, 3.05) is 0 Å². The molecule has 1 aromatic heterocycles. The monoisotopic (exact) mass is 281 g/mol. The molecule has 0 spiro atoms. The Morgan fingerprint density at radius 3 is 3.05 bits per heavy atom. The number of rotatable bonds is 5. The Balaban J connectivity index is 1.77. The number of nitrogens with two attached hydrogens (primary N) is 1. The van der Waals surface area contributed by atoms with Crippen molar-refractivity contribution in [3.05, 3.63) is 30.1 Å². The number of hydrogen-bond donors (Lipinski definition) is 4. The van der Waals surface area contributed by atoms with Crippen molar-refractivity contribution < 1.29 is 9.59 Å². The summed E-state index contributed by atoms with van der Waals surface area (Å²) in [5, 5.41) is 4.98. The lowest BCUT2D eigenvalue weighted by atomic mass is 10.2. The Bertz CT molecular complexity index is 456. The third-order valence-corrected chi connectivity index (χ3v) is 3.84. The minimum atomic E-state index is -0.407. The third-order valence-electron chi connectivity index (χ3n) is 2.60. The van der Waals surface area contributed by atoms with Crippen LogP contribution in [0.5, 0.6) is 0 Å². The number of nitrogens with one attached hydrogen (secondary N) is 3. The molecular formula is C11H15N5O2S. The molecule has 0 bridgehead atoms. The van der Waals surface area contributed by atoms with Crippen LogP contribution in [-0.2, 0) is 16.1 Å². The molecule has 2 rings (SSSR count). The lowest BCUT2D eigenvalue weighted by Crippen LogP contribution is -2.41. The molecule has 102 valence electrons. The highest BCUT2D eigenvalue weighted by Crippen LogP contribution is 2.23. The van der Waals surface area contributed by atoms with Crippen molar-refractivity contribution in [3.63, 3.8) is 0 Å². The SMILES string of the molecule is NNC1NC(=O)C(CC(=O)NCc2cccnc2)S1. The maximum atomic E-state index is 11.7. The van der Waals surface area contributed by atoms with Gasteiger partial charge in [0.05, 0.1) is 5.25 Å². The molecule has 5 N–H and O–H groups in total. The summed E-state index contributed by atoms with van der Waals surface area (Å²) in [4.78, 5) is 27.2. The molecule has 1 aliphatic heterocycles. The van der Waals surface area contributed by atoms with Gasteiger partial charge in [-0.3, -0.25) is 20.4 Å². The maximum Gasteiger partial charge on any atom is 0.235 e. The number of thioether (sulfide) groups is 1. The van der Waals surface area contributed by atoms with Crippen LogP contribution in [0.3, 0.4) is 0 Å². The summed E-state index contributed by atoms with van der Waals surface area (Å²) in [6.07, 6.45) is 3.49. The third kappa shape index (κ3) is 3.91. The highest BCUT2D eigenvalue weighted by atomic mass is 32.2. The van der Waals surface area contributed by atoms with E-state index in [1.54, 1.807) is 18.5 Å². The zero-order chi connectivity index (χ0) is 13.7. The second-order valence-electron chi connectivity index (χ2n) is 4.02. The van der Waals surface area contributed by atoms with Gasteiger partial charge in [-0.2, -0.15) is 0 Å². The fraction of sp³-hybridized carbons (Fsp3) is 0.364. The van der Waals surface area contributed by atoms with Crippen LogP contribution in [0.15, 0.2) is 24.5 Å². The molecule has 1 aromatic rings. The standard InChI is InChI=1S/C11H15N5O2S/c12-16-11-15-10(18)8(19-11)4-9(17)14-6-7-2-1-3-13-5-7/h1-3,5,8,11,16H,4,6,12H2,(H,14,17)(H,15,18). The van der Waals surface area contributed by atoms with Crippen LogP contribution in [0.2, 0.25) is 0 Å². The van der Waals surface area contributed by atoms with E-state index < -0.39 is 5.25 Å².